The number of ether oxygens (including phenoxy) is 1. The number of benzene rings is 3. The highest BCUT2D eigenvalue weighted by Gasteiger charge is 2.39. The van der Waals surface area contributed by atoms with Gasteiger partial charge in [-0.3, -0.25) is 4.79 Å². The van der Waals surface area contributed by atoms with Crippen molar-refractivity contribution in [1.82, 2.24) is 0 Å². The van der Waals surface area contributed by atoms with Crippen molar-refractivity contribution in [2.75, 3.05) is 11.6 Å². The number of carbonyl (C=O) groups excluding carboxylic acids is 1. The molecule has 3 aromatic rings. The van der Waals surface area contributed by atoms with Crippen LogP contribution in [-0.4, -0.2) is 29.6 Å². The number of para-hydroxylation sites is 1. The molecule has 5 rings (SSSR count). The van der Waals surface area contributed by atoms with Gasteiger partial charge in [0.15, 0.2) is 5.75 Å². The van der Waals surface area contributed by atoms with E-state index in [2.05, 4.69) is 36.0 Å². The molecule has 0 saturated heterocycles. The number of phenols is 1. The summed E-state index contributed by atoms with van der Waals surface area (Å²) in [6, 6.07) is 17.1. The van der Waals surface area contributed by atoms with Gasteiger partial charge in [-0.05, 0) is 72.2 Å². The average Bonchev–Trinajstić information content (AvgIpc) is 3.54. The van der Waals surface area contributed by atoms with Crippen LogP contribution in [-0.2, 0) is 9.53 Å². The van der Waals surface area contributed by atoms with Crippen LogP contribution in [0.15, 0.2) is 96.7 Å². The number of azo groups is 1. The molecule has 1 amide bonds. The molecule has 2 aliphatic heterocycles. The number of nitrogens with zero attached hydrogens (tertiary/aromatic N) is 8. The molecular weight excluding hydrogens is 472 g/mol. The molecule has 0 saturated carbocycles. The molecule has 11 heteroatoms. The van der Waals surface area contributed by atoms with E-state index in [1.165, 1.54) is 5.01 Å². The molecule has 3 aromatic carbocycles. The molecule has 2 aliphatic rings. The van der Waals surface area contributed by atoms with E-state index in [4.69, 9.17) is 4.74 Å². The van der Waals surface area contributed by atoms with Crippen molar-refractivity contribution in [2.24, 2.45) is 36.0 Å². The van der Waals surface area contributed by atoms with Crippen molar-refractivity contribution < 1.29 is 14.6 Å². The van der Waals surface area contributed by atoms with Gasteiger partial charge in [0.25, 0.3) is 5.91 Å². The summed E-state index contributed by atoms with van der Waals surface area (Å²) < 4.78 is 5.60. The monoisotopic (exact) mass is 496 g/mol. The van der Waals surface area contributed by atoms with Gasteiger partial charge in [-0.15, -0.1) is 15.3 Å². The van der Waals surface area contributed by atoms with Gasteiger partial charge in [-0.2, -0.15) is 15.2 Å². The van der Waals surface area contributed by atoms with Crippen molar-refractivity contribution in [1.29, 1.82) is 0 Å². The van der Waals surface area contributed by atoms with Gasteiger partial charge in [0.2, 0.25) is 18.1 Å². The minimum absolute atomic E-state index is 0.0792. The largest absolute Gasteiger partial charge is 0.505 e. The Morgan fingerprint density at radius 1 is 1.00 bits per heavy atom. The lowest BCUT2D eigenvalue weighted by atomic mass is 10.0. The first-order valence-electron chi connectivity index (χ1n) is 11.7. The van der Waals surface area contributed by atoms with Crippen LogP contribution >= 0.6 is 0 Å². The fraction of sp³-hybridized carbons (Fsp3) is 0.231. The van der Waals surface area contributed by atoms with Crippen LogP contribution in [0.2, 0.25) is 0 Å². The van der Waals surface area contributed by atoms with Gasteiger partial charge < -0.3 is 9.84 Å². The molecule has 1 N–H and O–H groups in total. The highest BCUT2D eigenvalue weighted by atomic mass is 16.5. The molecule has 186 valence electrons. The van der Waals surface area contributed by atoms with E-state index in [1.807, 2.05) is 56.3 Å². The Bertz CT molecular complexity index is 1470. The molecule has 1 unspecified atom stereocenters. The Morgan fingerprint density at radius 2 is 1.78 bits per heavy atom. The van der Waals surface area contributed by atoms with Crippen LogP contribution in [0.25, 0.3) is 11.1 Å². The van der Waals surface area contributed by atoms with E-state index in [0.717, 1.165) is 22.3 Å². The number of anilines is 1. The van der Waals surface area contributed by atoms with Crippen LogP contribution in [0, 0.1) is 13.8 Å². The summed E-state index contributed by atoms with van der Waals surface area (Å²) in [5.74, 6) is -0.319. The van der Waals surface area contributed by atoms with Crippen molar-refractivity contribution in [3.63, 3.8) is 0 Å². The zero-order chi connectivity index (χ0) is 25.9. The fourth-order valence-electron chi connectivity index (χ4n) is 3.95. The molecule has 37 heavy (non-hydrogen) atoms. The van der Waals surface area contributed by atoms with Crippen LogP contribution < -0.4 is 5.01 Å². The van der Waals surface area contributed by atoms with E-state index in [-0.39, 0.29) is 17.3 Å². The zero-order valence-electron chi connectivity index (χ0n) is 20.5. The maximum Gasteiger partial charge on any atom is 0.283 e. The quantitative estimate of drug-likeness (QED) is 0.398. The fourth-order valence-corrected chi connectivity index (χ4v) is 3.95. The number of rotatable bonds is 6. The summed E-state index contributed by atoms with van der Waals surface area (Å²) in [7, 11) is 0. The summed E-state index contributed by atoms with van der Waals surface area (Å²) in [6.07, 6.45) is -0.505. The molecule has 0 spiro atoms. The van der Waals surface area contributed by atoms with E-state index >= 15 is 0 Å². The first-order valence-corrected chi connectivity index (χ1v) is 11.7. The third-order valence-corrected chi connectivity index (χ3v) is 6.06. The molecule has 11 nitrogen and oxygen atoms in total. The second-order valence-corrected chi connectivity index (χ2v) is 8.49. The molecule has 0 fully saturated rings. The Labute approximate surface area is 212 Å². The van der Waals surface area contributed by atoms with Crippen LogP contribution in [0.1, 0.15) is 29.8 Å². The Morgan fingerprint density at radius 3 is 2.54 bits per heavy atom. The topological polar surface area (TPSA) is 136 Å². The molecule has 0 aromatic heterocycles. The molecule has 1 atom stereocenters. The number of phenolic OH excluding ortho intramolecular Hbond substituents is 1. The maximum atomic E-state index is 13.2. The lowest BCUT2D eigenvalue weighted by Gasteiger charge is -2.13. The van der Waals surface area contributed by atoms with Crippen LogP contribution in [0.3, 0.4) is 0 Å². The zero-order valence-corrected chi connectivity index (χ0v) is 20.5. The Balaban J connectivity index is 1.43. The van der Waals surface area contributed by atoms with Crippen molar-refractivity contribution >= 4 is 23.2 Å². The van der Waals surface area contributed by atoms with Gasteiger partial charge in [0.1, 0.15) is 5.69 Å². The SMILES string of the molecule is CCOC1=NN(c2ccc(C)c(C)c2)C(=O)C1N=Nc1cccc(-c2cccc(C3N=NN=N3)c2)c1O. The molecule has 0 radical (unpaired) electrons. The number of carbonyl (C=O) groups is 1. The second-order valence-electron chi connectivity index (χ2n) is 8.49. The Kier molecular flexibility index (Phi) is 6.50. The van der Waals surface area contributed by atoms with Gasteiger partial charge >= 0.3 is 0 Å². The van der Waals surface area contributed by atoms with Crippen molar-refractivity contribution in [3.8, 4) is 16.9 Å². The van der Waals surface area contributed by atoms with Gasteiger partial charge in [-0.25, -0.2) is 0 Å². The highest BCUT2D eigenvalue weighted by molar-refractivity contribution is 6.16. The summed E-state index contributed by atoms with van der Waals surface area (Å²) >= 11 is 0. The average molecular weight is 497 g/mol. The smallest absolute Gasteiger partial charge is 0.283 e. The Hall–Kier alpha value is -4.80. The highest BCUT2D eigenvalue weighted by Crippen LogP contribution is 2.39. The minimum atomic E-state index is -1.06. The van der Waals surface area contributed by atoms with Gasteiger partial charge in [0.05, 0.1) is 12.3 Å². The predicted octanol–water partition coefficient (Wildman–Crippen LogP) is 6.36. The molecule has 2 heterocycles. The lowest BCUT2D eigenvalue weighted by Crippen LogP contribution is -2.31. The number of hydrogen-bond acceptors (Lipinski definition) is 10. The first-order chi connectivity index (χ1) is 18.0. The number of hydrazone groups is 1. The summed E-state index contributed by atoms with van der Waals surface area (Å²) in [6.45, 7) is 6.09. The van der Waals surface area contributed by atoms with Gasteiger partial charge in [0, 0.05) is 11.1 Å². The molecule has 0 aliphatic carbocycles. The van der Waals surface area contributed by atoms with Gasteiger partial charge in [-0.1, -0.05) is 36.4 Å². The van der Waals surface area contributed by atoms with Crippen molar-refractivity contribution in [3.05, 3.63) is 77.4 Å². The van der Waals surface area contributed by atoms with E-state index in [1.54, 1.807) is 25.1 Å². The summed E-state index contributed by atoms with van der Waals surface area (Å²) in [5, 5.41) is 40.1. The second kappa shape index (κ2) is 10.1. The molecule has 0 bridgehead atoms. The maximum absolute atomic E-state index is 13.2. The van der Waals surface area contributed by atoms with Crippen LogP contribution in [0.5, 0.6) is 5.75 Å². The van der Waals surface area contributed by atoms with E-state index in [9.17, 15) is 9.90 Å². The third-order valence-electron chi connectivity index (χ3n) is 6.06. The summed E-state index contributed by atoms with van der Waals surface area (Å²) in [4.78, 5) is 13.2. The van der Waals surface area contributed by atoms with E-state index in [0.29, 0.717) is 17.9 Å². The lowest BCUT2D eigenvalue weighted by molar-refractivity contribution is -0.118. The first kappa shape index (κ1) is 23.9. The number of aromatic hydroxyl groups is 1. The molecular formula is C26H24N8O3. The van der Waals surface area contributed by atoms with Crippen LogP contribution in [0.4, 0.5) is 11.4 Å². The number of amides is 1. The number of aryl methyl sites for hydroxylation is 2. The van der Waals surface area contributed by atoms with Crippen molar-refractivity contribution in [2.45, 2.75) is 33.0 Å². The number of hydrogen-bond donors (Lipinski definition) is 1. The minimum Gasteiger partial charge on any atom is -0.505 e. The summed E-state index contributed by atoms with van der Waals surface area (Å²) in [5.41, 5.74) is 5.03. The normalized spacial score (nSPS) is 17.3. The predicted molar refractivity (Wildman–Crippen MR) is 137 cm³/mol. The van der Waals surface area contributed by atoms with E-state index < -0.39 is 18.1 Å². The standard InChI is InChI=1S/C26H24N8O3/c1-4-37-25-22(26(36)34(31-25)19-12-11-15(2)16(3)13-19)28-27-21-10-6-9-20(23(21)35)17-7-5-8-18(14-17)24-29-32-33-30-24/h5-14,22,24,35H,4H2,1-3H3. The third kappa shape index (κ3) is 4.70.